The molecule has 0 aliphatic heterocycles. The molecule has 1 nitrogen and oxygen atoms in total. The van der Waals surface area contributed by atoms with E-state index in [-0.39, 0.29) is 0 Å². The van der Waals surface area contributed by atoms with Gasteiger partial charge in [0.05, 0.1) is 0 Å². The molecule has 0 bridgehead atoms. The molecule has 0 aromatic rings. The van der Waals surface area contributed by atoms with E-state index in [1.54, 1.807) is 0 Å². The van der Waals surface area contributed by atoms with E-state index in [2.05, 4.69) is 31.2 Å². The first kappa shape index (κ1) is 10.1. The molecule has 0 amide bonds. The van der Waals surface area contributed by atoms with Gasteiger partial charge in [0.1, 0.15) is 0 Å². The molecule has 0 spiro atoms. The quantitative estimate of drug-likeness (QED) is 0.565. The van der Waals surface area contributed by atoms with Gasteiger partial charge in [0.2, 0.25) is 0 Å². The Kier molecular flexibility index (Phi) is 2.17. The van der Waals surface area contributed by atoms with E-state index in [0.29, 0.717) is 23.0 Å². The molecule has 0 fully saturated rings. The highest BCUT2D eigenvalue weighted by Gasteiger charge is 2.42. The van der Waals surface area contributed by atoms with E-state index < -0.39 is 0 Å². The zero-order valence-corrected chi connectivity index (χ0v) is 9.78. The molecule has 3 rings (SSSR count). The Hall–Kier alpha value is -1.11. The van der Waals surface area contributed by atoms with Gasteiger partial charge in [0, 0.05) is 6.42 Å². The molecule has 0 aromatic carbocycles. The number of ketones is 1. The number of hydrogen-bond donors (Lipinski definition) is 0. The van der Waals surface area contributed by atoms with Crippen molar-refractivity contribution in [3.05, 3.63) is 36.0 Å². The summed E-state index contributed by atoms with van der Waals surface area (Å²) in [6.07, 6.45) is 15.2. The zero-order valence-electron chi connectivity index (χ0n) is 9.78. The molecule has 0 saturated carbocycles. The monoisotopic (exact) mass is 214 g/mol. The normalized spacial score (nSPS) is 41.3. The predicted molar refractivity (Wildman–Crippen MR) is 64.9 cm³/mol. The first-order valence-electron chi connectivity index (χ1n) is 6.28. The summed E-state index contributed by atoms with van der Waals surface area (Å²) >= 11 is 0. The van der Waals surface area contributed by atoms with Crippen LogP contribution in [-0.2, 0) is 4.79 Å². The lowest BCUT2D eigenvalue weighted by Crippen LogP contribution is -2.37. The van der Waals surface area contributed by atoms with Gasteiger partial charge < -0.3 is 0 Å². The van der Waals surface area contributed by atoms with Crippen LogP contribution in [0.15, 0.2) is 36.0 Å². The van der Waals surface area contributed by atoms with Gasteiger partial charge in [0.25, 0.3) is 0 Å². The molecular formula is C15H18O. The second-order valence-corrected chi connectivity index (χ2v) is 5.61. The highest BCUT2D eigenvalue weighted by atomic mass is 16.1. The number of rotatable bonds is 0. The Morgan fingerprint density at radius 1 is 1.38 bits per heavy atom. The van der Waals surface area contributed by atoms with Gasteiger partial charge >= 0.3 is 0 Å². The maximum absolute atomic E-state index is 11.4. The van der Waals surface area contributed by atoms with E-state index >= 15 is 0 Å². The number of fused-ring (bicyclic) bond motifs is 3. The van der Waals surface area contributed by atoms with Crippen LogP contribution in [0.25, 0.3) is 0 Å². The minimum atomic E-state index is 0.311. The van der Waals surface area contributed by atoms with Crippen LogP contribution < -0.4 is 0 Å². The molecule has 3 aliphatic carbocycles. The van der Waals surface area contributed by atoms with Gasteiger partial charge in [-0.15, -0.1) is 0 Å². The number of allylic oxidation sites excluding steroid dienone is 6. The fourth-order valence-corrected chi connectivity index (χ4v) is 3.54. The van der Waals surface area contributed by atoms with Crippen molar-refractivity contribution in [1.82, 2.24) is 0 Å². The third-order valence-electron chi connectivity index (χ3n) is 4.56. The van der Waals surface area contributed by atoms with Crippen molar-refractivity contribution in [2.75, 3.05) is 0 Å². The average Bonchev–Trinajstić information content (AvgIpc) is 2.28. The van der Waals surface area contributed by atoms with Gasteiger partial charge in [-0.25, -0.2) is 0 Å². The van der Waals surface area contributed by atoms with Gasteiger partial charge in [-0.1, -0.05) is 31.2 Å². The number of carbonyl (C=O) groups is 1. The zero-order chi connectivity index (χ0) is 11.2. The lowest BCUT2D eigenvalue weighted by atomic mass is 9.58. The molecule has 3 aliphatic rings. The van der Waals surface area contributed by atoms with E-state index in [1.807, 2.05) is 6.08 Å². The minimum absolute atomic E-state index is 0.311. The molecule has 0 N–H and O–H groups in total. The van der Waals surface area contributed by atoms with Gasteiger partial charge in [-0.05, 0) is 48.2 Å². The van der Waals surface area contributed by atoms with Crippen LogP contribution in [0.2, 0.25) is 0 Å². The summed E-state index contributed by atoms with van der Waals surface area (Å²) in [5.41, 5.74) is 1.62. The van der Waals surface area contributed by atoms with Crippen molar-refractivity contribution in [2.45, 2.75) is 32.6 Å². The summed E-state index contributed by atoms with van der Waals surface area (Å²) < 4.78 is 0. The molecule has 0 saturated heterocycles. The summed E-state index contributed by atoms with van der Waals surface area (Å²) in [5.74, 6) is 1.64. The summed E-state index contributed by atoms with van der Waals surface area (Å²) in [6, 6.07) is 0. The van der Waals surface area contributed by atoms with Crippen LogP contribution in [0.3, 0.4) is 0 Å². The summed E-state index contributed by atoms with van der Waals surface area (Å²) in [4.78, 5) is 11.4. The van der Waals surface area contributed by atoms with Gasteiger partial charge in [-0.3, -0.25) is 4.79 Å². The van der Waals surface area contributed by atoms with Crippen LogP contribution in [0.4, 0.5) is 0 Å². The molecule has 84 valence electrons. The van der Waals surface area contributed by atoms with Crippen molar-refractivity contribution in [3.8, 4) is 0 Å². The molecule has 3 atom stereocenters. The molecule has 1 heteroatoms. The molecule has 16 heavy (non-hydrogen) atoms. The number of hydrogen-bond acceptors (Lipinski definition) is 1. The highest BCUT2D eigenvalue weighted by molar-refractivity contribution is 5.92. The van der Waals surface area contributed by atoms with Gasteiger partial charge in [-0.2, -0.15) is 0 Å². The summed E-state index contributed by atoms with van der Waals surface area (Å²) in [6.45, 7) is 2.37. The first-order valence-corrected chi connectivity index (χ1v) is 6.28. The van der Waals surface area contributed by atoms with Crippen LogP contribution in [0, 0.1) is 17.3 Å². The van der Waals surface area contributed by atoms with E-state index in [9.17, 15) is 4.79 Å². The SMILES string of the molecule is C[C@]12C=CC3=CC(=O)CC[C@H]3[C@H]1CC=CC2. The molecule has 0 aromatic heterocycles. The second-order valence-electron chi connectivity index (χ2n) is 5.61. The van der Waals surface area contributed by atoms with E-state index in [1.165, 1.54) is 12.0 Å². The fourth-order valence-electron chi connectivity index (χ4n) is 3.54. The van der Waals surface area contributed by atoms with Crippen LogP contribution in [0.5, 0.6) is 0 Å². The van der Waals surface area contributed by atoms with Crippen molar-refractivity contribution >= 4 is 5.78 Å². The Labute approximate surface area is 96.9 Å². The van der Waals surface area contributed by atoms with Crippen molar-refractivity contribution in [2.24, 2.45) is 17.3 Å². The standard InChI is InChI=1S/C15H18O/c1-15-8-3-2-4-14(15)13-6-5-12(16)10-11(13)7-9-15/h2-3,7,9-10,13-14H,4-6,8H2,1H3/t13-,14-,15+/m1/s1. The molecule has 0 unspecified atom stereocenters. The summed E-state index contributed by atoms with van der Waals surface area (Å²) in [5, 5.41) is 0. The second kappa shape index (κ2) is 3.44. The van der Waals surface area contributed by atoms with Crippen LogP contribution in [-0.4, -0.2) is 5.78 Å². The minimum Gasteiger partial charge on any atom is -0.295 e. The Morgan fingerprint density at radius 3 is 3.12 bits per heavy atom. The van der Waals surface area contributed by atoms with E-state index in [4.69, 9.17) is 0 Å². The van der Waals surface area contributed by atoms with Crippen molar-refractivity contribution in [1.29, 1.82) is 0 Å². The maximum Gasteiger partial charge on any atom is 0.155 e. The fraction of sp³-hybridized carbons (Fsp3) is 0.533. The Balaban J connectivity index is 2.02. The molecule has 0 heterocycles. The molecule has 0 radical (unpaired) electrons. The Morgan fingerprint density at radius 2 is 2.25 bits per heavy atom. The average molecular weight is 214 g/mol. The maximum atomic E-state index is 11.4. The predicted octanol–water partition coefficient (Wildman–Crippen LogP) is 3.43. The van der Waals surface area contributed by atoms with Crippen LogP contribution in [0.1, 0.15) is 32.6 Å². The largest absolute Gasteiger partial charge is 0.295 e. The smallest absolute Gasteiger partial charge is 0.155 e. The highest BCUT2D eigenvalue weighted by Crippen LogP contribution is 2.51. The lowest BCUT2D eigenvalue weighted by Gasteiger charge is -2.46. The van der Waals surface area contributed by atoms with Crippen LogP contribution >= 0.6 is 0 Å². The number of carbonyl (C=O) groups excluding carboxylic acids is 1. The summed E-state index contributed by atoms with van der Waals surface area (Å²) in [7, 11) is 0. The topological polar surface area (TPSA) is 17.1 Å². The third-order valence-corrected chi connectivity index (χ3v) is 4.56. The first-order chi connectivity index (χ1) is 7.69. The lowest BCUT2D eigenvalue weighted by molar-refractivity contribution is -0.115. The van der Waals surface area contributed by atoms with Crippen molar-refractivity contribution in [3.63, 3.8) is 0 Å². The van der Waals surface area contributed by atoms with E-state index in [0.717, 1.165) is 19.3 Å². The molecular weight excluding hydrogens is 196 g/mol. The Bertz CT molecular complexity index is 413. The van der Waals surface area contributed by atoms with Gasteiger partial charge in [0.15, 0.2) is 5.78 Å². The third kappa shape index (κ3) is 1.41. The van der Waals surface area contributed by atoms with Crippen molar-refractivity contribution < 1.29 is 4.79 Å².